The summed E-state index contributed by atoms with van der Waals surface area (Å²) in [6, 6.07) is 5.28. The van der Waals surface area contributed by atoms with E-state index in [2.05, 4.69) is 14.9 Å². The molecule has 3 aromatic rings. The van der Waals surface area contributed by atoms with Gasteiger partial charge in [-0.25, -0.2) is 0 Å². The highest BCUT2D eigenvalue weighted by Crippen LogP contribution is 2.37. The van der Waals surface area contributed by atoms with Crippen LogP contribution in [0.2, 0.25) is 0 Å². The Hall–Kier alpha value is -3.16. The number of nitrogens with zero attached hydrogens (tertiary/aromatic N) is 2. The maximum atomic E-state index is 13.6. The Morgan fingerprint density at radius 1 is 0.968 bits per heavy atom. The van der Waals surface area contributed by atoms with Crippen LogP contribution in [0.25, 0.3) is 16.5 Å². The standard InChI is InChI=1S/C24H28N4O3/c1-27(2)10-8-14-13-25-23-19(30)12-16(24(31)20(14)23)22-15(9-11-28(3)4)21-17(26-22)6-5-7-18(21)29/h5-7,12-13,25-26,29H,8-11H2,1-4H3. The van der Waals surface area contributed by atoms with Crippen LogP contribution in [0.5, 0.6) is 5.75 Å². The first-order chi connectivity index (χ1) is 14.8. The molecule has 0 fully saturated rings. The number of hydrogen-bond acceptors (Lipinski definition) is 5. The first-order valence-electron chi connectivity index (χ1n) is 10.4. The van der Waals surface area contributed by atoms with Gasteiger partial charge in [-0.15, -0.1) is 0 Å². The fourth-order valence-corrected chi connectivity index (χ4v) is 4.16. The van der Waals surface area contributed by atoms with Gasteiger partial charge in [-0.05, 0) is 64.3 Å². The van der Waals surface area contributed by atoms with E-state index in [0.717, 1.165) is 29.7 Å². The Labute approximate surface area is 181 Å². The average molecular weight is 421 g/mol. The van der Waals surface area contributed by atoms with E-state index in [1.807, 2.05) is 39.2 Å². The smallest absolute Gasteiger partial charge is 0.203 e. The van der Waals surface area contributed by atoms with Crippen molar-refractivity contribution in [2.45, 2.75) is 12.8 Å². The summed E-state index contributed by atoms with van der Waals surface area (Å²) < 4.78 is 0. The van der Waals surface area contributed by atoms with Crippen molar-refractivity contribution in [2.24, 2.45) is 0 Å². The Balaban J connectivity index is 1.83. The van der Waals surface area contributed by atoms with Crippen LogP contribution in [-0.2, 0) is 12.8 Å². The molecule has 0 unspecified atom stereocenters. The van der Waals surface area contributed by atoms with Gasteiger partial charge < -0.3 is 24.9 Å². The second-order valence-corrected chi connectivity index (χ2v) is 8.60. The van der Waals surface area contributed by atoms with Gasteiger partial charge in [0.1, 0.15) is 5.75 Å². The number of H-pyrrole nitrogens is 2. The fourth-order valence-electron chi connectivity index (χ4n) is 4.16. The number of allylic oxidation sites excluding steroid dienone is 2. The molecular formula is C24H28N4O3. The molecule has 0 bridgehead atoms. The predicted molar refractivity (Wildman–Crippen MR) is 122 cm³/mol. The van der Waals surface area contributed by atoms with Crippen LogP contribution in [0.15, 0.2) is 30.5 Å². The van der Waals surface area contributed by atoms with Gasteiger partial charge in [-0.1, -0.05) is 6.07 Å². The molecule has 0 saturated heterocycles. The lowest BCUT2D eigenvalue weighted by Crippen LogP contribution is -2.20. The maximum Gasteiger partial charge on any atom is 0.203 e. The molecule has 1 aromatic carbocycles. The largest absolute Gasteiger partial charge is 0.507 e. The summed E-state index contributed by atoms with van der Waals surface area (Å²) in [5.41, 5.74) is 4.24. The molecule has 0 spiro atoms. The van der Waals surface area contributed by atoms with E-state index in [9.17, 15) is 14.7 Å². The summed E-state index contributed by atoms with van der Waals surface area (Å²) in [7, 11) is 7.91. The van der Waals surface area contributed by atoms with Crippen molar-refractivity contribution in [1.82, 2.24) is 19.8 Å². The summed E-state index contributed by atoms with van der Waals surface area (Å²) in [5.74, 6) is -0.207. The van der Waals surface area contributed by atoms with Crippen LogP contribution >= 0.6 is 0 Å². The average Bonchev–Trinajstić information content (AvgIpc) is 3.30. The number of rotatable bonds is 7. The lowest BCUT2D eigenvalue weighted by molar-refractivity contribution is 0.0998. The van der Waals surface area contributed by atoms with E-state index >= 15 is 0 Å². The second kappa shape index (κ2) is 8.17. The van der Waals surface area contributed by atoms with Gasteiger partial charge in [0, 0.05) is 36.3 Å². The van der Waals surface area contributed by atoms with Crippen LogP contribution in [0, 0.1) is 0 Å². The lowest BCUT2D eigenvalue weighted by atomic mass is 9.88. The summed E-state index contributed by atoms with van der Waals surface area (Å²) in [6.45, 7) is 1.52. The summed E-state index contributed by atoms with van der Waals surface area (Å²) in [6.07, 6.45) is 4.49. The van der Waals surface area contributed by atoms with Crippen molar-refractivity contribution in [3.63, 3.8) is 0 Å². The Bertz CT molecular complexity index is 1200. The number of phenols is 1. The predicted octanol–water partition coefficient (Wildman–Crippen LogP) is 2.87. The number of likely N-dealkylation sites (N-methyl/N-ethyl adjacent to an activating group) is 2. The number of hydrogen-bond donors (Lipinski definition) is 3. The molecule has 7 nitrogen and oxygen atoms in total. The molecule has 162 valence electrons. The van der Waals surface area contributed by atoms with E-state index in [0.29, 0.717) is 40.8 Å². The molecule has 31 heavy (non-hydrogen) atoms. The SMILES string of the molecule is CN(C)CCc1c[nH]c2c1C(=O)C(c1[nH]c3cccc(O)c3c1CCN(C)C)=CC2=O. The zero-order valence-electron chi connectivity index (χ0n) is 18.4. The lowest BCUT2D eigenvalue weighted by Gasteiger charge is -2.16. The molecule has 0 atom stereocenters. The number of aromatic hydroxyl groups is 1. The topological polar surface area (TPSA) is 92.4 Å². The highest BCUT2D eigenvalue weighted by atomic mass is 16.3. The summed E-state index contributed by atoms with van der Waals surface area (Å²) in [4.78, 5) is 36.9. The number of nitrogens with one attached hydrogen (secondary N) is 2. The van der Waals surface area contributed by atoms with E-state index in [1.165, 1.54) is 6.08 Å². The zero-order chi connectivity index (χ0) is 22.3. The van der Waals surface area contributed by atoms with E-state index in [1.54, 1.807) is 18.3 Å². The van der Waals surface area contributed by atoms with Crippen LogP contribution in [-0.4, -0.2) is 77.7 Å². The monoisotopic (exact) mass is 420 g/mol. The number of phenolic OH excluding ortho intramolecular Hbond substituents is 1. The third-order valence-electron chi connectivity index (χ3n) is 5.77. The van der Waals surface area contributed by atoms with Crippen LogP contribution in [0.4, 0.5) is 0 Å². The van der Waals surface area contributed by atoms with Gasteiger partial charge in [0.15, 0.2) is 5.78 Å². The van der Waals surface area contributed by atoms with Crippen molar-refractivity contribution in [3.8, 4) is 5.75 Å². The normalized spacial score (nSPS) is 14.1. The first kappa shape index (κ1) is 21.1. The summed E-state index contributed by atoms with van der Waals surface area (Å²) in [5, 5.41) is 11.2. The number of aromatic amines is 2. The third kappa shape index (κ3) is 3.82. The van der Waals surface area contributed by atoms with Gasteiger partial charge in [0.05, 0.1) is 22.5 Å². The van der Waals surface area contributed by atoms with Gasteiger partial charge >= 0.3 is 0 Å². The van der Waals surface area contributed by atoms with Gasteiger partial charge in [0.25, 0.3) is 0 Å². The van der Waals surface area contributed by atoms with Crippen molar-refractivity contribution in [1.29, 1.82) is 0 Å². The van der Waals surface area contributed by atoms with E-state index < -0.39 is 0 Å². The molecule has 1 aliphatic carbocycles. The summed E-state index contributed by atoms with van der Waals surface area (Å²) >= 11 is 0. The number of aromatic nitrogens is 2. The van der Waals surface area contributed by atoms with Crippen LogP contribution < -0.4 is 0 Å². The Kier molecular flexibility index (Phi) is 5.56. The number of carbonyl (C=O) groups excluding carboxylic acids is 2. The highest BCUT2D eigenvalue weighted by Gasteiger charge is 2.32. The van der Waals surface area contributed by atoms with Crippen LogP contribution in [0.3, 0.4) is 0 Å². The van der Waals surface area contributed by atoms with Gasteiger partial charge in [-0.2, -0.15) is 0 Å². The zero-order valence-corrected chi connectivity index (χ0v) is 18.4. The van der Waals surface area contributed by atoms with Crippen molar-refractivity contribution >= 4 is 28.0 Å². The van der Waals surface area contributed by atoms with Crippen molar-refractivity contribution < 1.29 is 14.7 Å². The number of carbonyl (C=O) groups is 2. The molecule has 0 amide bonds. The molecule has 0 aliphatic heterocycles. The van der Waals surface area contributed by atoms with Crippen molar-refractivity contribution in [2.75, 3.05) is 41.3 Å². The Morgan fingerprint density at radius 3 is 2.39 bits per heavy atom. The Morgan fingerprint density at radius 2 is 1.68 bits per heavy atom. The first-order valence-corrected chi connectivity index (χ1v) is 10.4. The number of Topliss-reactive ketones (excluding diaryl/α,β-unsaturated/α-hetero) is 1. The molecule has 4 rings (SSSR count). The molecule has 3 N–H and O–H groups in total. The molecule has 0 radical (unpaired) electrons. The van der Waals surface area contributed by atoms with E-state index in [4.69, 9.17) is 0 Å². The minimum atomic E-state index is -0.206. The molecule has 0 saturated carbocycles. The fraction of sp³-hybridized carbons (Fsp3) is 0.333. The van der Waals surface area contributed by atoms with Gasteiger partial charge in [-0.3, -0.25) is 9.59 Å². The molecule has 7 heteroatoms. The molecule has 2 aromatic heterocycles. The molecule has 1 aliphatic rings. The highest BCUT2D eigenvalue weighted by molar-refractivity contribution is 6.39. The maximum absolute atomic E-state index is 13.6. The minimum absolute atomic E-state index is 0.165. The molecule has 2 heterocycles. The molecular weight excluding hydrogens is 392 g/mol. The number of ketones is 2. The second-order valence-electron chi connectivity index (χ2n) is 8.60. The number of benzene rings is 1. The minimum Gasteiger partial charge on any atom is -0.507 e. The van der Waals surface area contributed by atoms with Crippen LogP contribution in [0.1, 0.15) is 37.7 Å². The van der Waals surface area contributed by atoms with Crippen molar-refractivity contribution in [3.05, 3.63) is 58.6 Å². The quantitative estimate of drug-likeness (QED) is 0.547. The third-order valence-corrected chi connectivity index (χ3v) is 5.77. The number of fused-ring (bicyclic) bond motifs is 2. The van der Waals surface area contributed by atoms with E-state index in [-0.39, 0.29) is 17.3 Å². The van der Waals surface area contributed by atoms with Gasteiger partial charge in [0.2, 0.25) is 5.78 Å².